The molecule has 0 aliphatic heterocycles. The molecule has 138 valence electrons. The van der Waals surface area contributed by atoms with Crippen molar-refractivity contribution in [3.8, 4) is 0 Å². The van der Waals surface area contributed by atoms with Crippen LogP contribution in [0.2, 0.25) is 0 Å². The maximum Gasteiger partial charge on any atom is 0.0910 e. The Kier molecular flexibility index (Phi) is 3.73. The number of rotatable bonds is 2. The Balaban J connectivity index is 1.73. The maximum absolute atomic E-state index is 10.9. The van der Waals surface area contributed by atoms with E-state index in [0.717, 1.165) is 44.9 Å². The first kappa shape index (κ1) is 17.3. The van der Waals surface area contributed by atoms with E-state index in [1.165, 1.54) is 0 Å². The average Bonchev–Trinajstić information content (AvgIpc) is 2.73. The SMILES string of the molecule is C[C@]1(CO)C[C@@H](O)C[C@]2(C)[C@@H]1CC[C@@]13C[C@@H](CC[C@@H]12)[C@@](O)(CO)C3. The highest BCUT2D eigenvalue weighted by atomic mass is 16.3. The Morgan fingerprint density at radius 2 is 1.67 bits per heavy atom. The molecule has 4 N–H and O–H groups in total. The van der Waals surface area contributed by atoms with Crippen LogP contribution in [0.4, 0.5) is 0 Å². The normalized spacial score (nSPS) is 59.8. The monoisotopic (exact) mass is 338 g/mol. The second-order valence-corrected chi connectivity index (χ2v) is 10.3. The molecular formula is C20H34O4. The van der Waals surface area contributed by atoms with Crippen molar-refractivity contribution in [2.45, 2.75) is 76.9 Å². The summed E-state index contributed by atoms with van der Waals surface area (Å²) in [5.41, 5.74) is -0.944. The van der Waals surface area contributed by atoms with Gasteiger partial charge in [-0.25, -0.2) is 0 Å². The van der Waals surface area contributed by atoms with Crippen LogP contribution in [0.25, 0.3) is 0 Å². The number of hydrogen-bond donors (Lipinski definition) is 4. The van der Waals surface area contributed by atoms with Crippen LogP contribution in [0.1, 0.15) is 65.2 Å². The van der Waals surface area contributed by atoms with E-state index in [1.54, 1.807) is 0 Å². The lowest BCUT2D eigenvalue weighted by molar-refractivity contribution is -0.185. The van der Waals surface area contributed by atoms with Crippen LogP contribution in [0, 0.1) is 34.0 Å². The third-order valence-corrected chi connectivity index (χ3v) is 8.99. The standard InChI is InChI=1S/C20H34O4/c1-17(11-21)8-14(23)9-18(2)15(17)5-6-19-7-13(3-4-16(18)19)20(24,10-19)12-22/h13-16,21-24H,3-12H2,1-2H3/t13-,14-,15-,16-,17-,18-,19+,20+/m1/s1. The molecule has 1 spiro atoms. The first-order valence-corrected chi connectivity index (χ1v) is 9.84. The van der Waals surface area contributed by atoms with Crippen molar-refractivity contribution in [1.82, 2.24) is 0 Å². The second-order valence-electron chi connectivity index (χ2n) is 10.3. The lowest BCUT2D eigenvalue weighted by Crippen LogP contribution is -2.59. The summed E-state index contributed by atoms with van der Waals surface area (Å²) >= 11 is 0. The lowest BCUT2D eigenvalue weighted by atomic mass is 9.40. The van der Waals surface area contributed by atoms with E-state index in [1.807, 2.05) is 0 Å². The van der Waals surface area contributed by atoms with Crippen LogP contribution in [-0.4, -0.2) is 45.3 Å². The molecule has 0 heterocycles. The average molecular weight is 338 g/mol. The summed E-state index contributed by atoms with van der Waals surface area (Å²) in [7, 11) is 0. The van der Waals surface area contributed by atoms with Crippen molar-refractivity contribution >= 4 is 0 Å². The van der Waals surface area contributed by atoms with Crippen LogP contribution in [-0.2, 0) is 0 Å². The fourth-order valence-corrected chi connectivity index (χ4v) is 8.26. The quantitative estimate of drug-likeness (QED) is 0.621. The minimum atomic E-state index is -0.897. The van der Waals surface area contributed by atoms with Gasteiger partial charge in [0.05, 0.1) is 18.3 Å². The Morgan fingerprint density at radius 3 is 2.33 bits per heavy atom. The Morgan fingerprint density at radius 1 is 0.917 bits per heavy atom. The van der Waals surface area contributed by atoms with Crippen LogP contribution in [0.3, 0.4) is 0 Å². The zero-order valence-electron chi connectivity index (χ0n) is 15.2. The third kappa shape index (κ3) is 2.06. The van der Waals surface area contributed by atoms with E-state index in [2.05, 4.69) is 13.8 Å². The molecule has 4 nitrogen and oxygen atoms in total. The molecule has 0 aromatic rings. The van der Waals surface area contributed by atoms with Crippen molar-refractivity contribution < 1.29 is 20.4 Å². The van der Waals surface area contributed by atoms with Gasteiger partial charge in [-0.2, -0.15) is 0 Å². The van der Waals surface area contributed by atoms with E-state index in [4.69, 9.17) is 0 Å². The molecular weight excluding hydrogens is 304 g/mol. The lowest BCUT2D eigenvalue weighted by Gasteiger charge is -2.64. The van der Waals surface area contributed by atoms with E-state index >= 15 is 0 Å². The van der Waals surface area contributed by atoms with Gasteiger partial charge in [-0.15, -0.1) is 0 Å². The fourth-order valence-electron chi connectivity index (χ4n) is 8.26. The van der Waals surface area contributed by atoms with Crippen LogP contribution < -0.4 is 0 Å². The minimum Gasteiger partial charge on any atom is -0.396 e. The summed E-state index contributed by atoms with van der Waals surface area (Å²) in [4.78, 5) is 0. The van der Waals surface area contributed by atoms with Gasteiger partial charge < -0.3 is 20.4 Å². The molecule has 8 atom stereocenters. The zero-order valence-corrected chi connectivity index (χ0v) is 15.2. The predicted octanol–water partition coefficient (Wildman–Crippen LogP) is 2.09. The van der Waals surface area contributed by atoms with Crippen molar-refractivity contribution in [2.24, 2.45) is 34.0 Å². The van der Waals surface area contributed by atoms with Gasteiger partial charge in [0, 0.05) is 6.61 Å². The van der Waals surface area contributed by atoms with Crippen LogP contribution in [0.5, 0.6) is 0 Å². The Hall–Kier alpha value is -0.160. The molecule has 0 aromatic heterocycles. The molecule has 4 heteroatoms. The first-order valence-electron chi connectivity index (χ1n) is 9.84. The van der Waals surface area contributed by atoms with E-state index in [9.17, 15) is 20.4 Å². The van der Waals surface area contributed by atoms with Gasteiger partial charge in [-0.3, -0.25) is 0 Å². The minimum absolute atomic E-state index is 0.0269. The van der Waals surface area contributed by atoms with Gasteiger partial charge in [0.2, 0.25) is 0 Å². The largest absolute Gasteiger partial charge is 0.396 e. The molecule has 24 heavy (non-hydrogen) atoms. The van der Waals surface area contributed by atoms with Crippen LogP contribution in [0.15, 0.2) is 0 Å². The molecule has 0 aromatic carbocycles. The molecule has 4 aliphatic rings. The summed E-state index contributed by atoms with van der Waals surface area (Å²) in [5, 5.41) is 41.4. The highest BCUT2D eigenvalue weighted by molar-refractivity contribution is 5.17. The van der Waals surface area contributed by atoms with Gasteiger partial charge in [0.25, 0.3) is 0 Å². The molecule has 2 bridgehead atoms. The van der Waals surface area contributed by atoms with Gasteiger partial charge in [0.15, 0.2) is 0 Å². The number of hydrogen-bond acceptors (Lipinski definition) is 4. The molecule has 0 unspecified atom stereocenters. The van der Waals surface area contributed by atoms with Gasteiger partial charge in [-0.05, 0) is 85.4 Å². The summed E-state index contributed by atoms with van der Waals surface area (Å²) in [5.74, 6) is 1.16. The fraction of sp³-hybridized carbons (Fsp3) is 1.00. The molecule has 4 fully saturated rings. The highest BCUT2D eigenvalue weighted by Gasteiger charge is 2.68. The van der Waals surface area contributed by atoms with Crippen molar-refractivity contribution in [1.29, 1.82) is 0 Å². The predicted molar refractivity (Wildman–Crippen MR) is 91.2 cm³/mol. The molecule has 0 amide bonds. The number of fused-ring (bicyclic) bond motifs is 3. The highest BCUT2D eigenvalue weighted by Crippen LogP contribution is 2.72. The Labute approximate surface area is 145 Å². The van der Waals surface area contributed by atoms with Gasteiger partial charge in [-0.1, -0.05) is 13.8 Å². The summed E-state index contributed by atoms with van der Waals surface area (Å²) in [6.45, 7) is 4.52. The zero-order chi connectivity index (χ0) is 17.4. The van der Waals surface area contributed by atoms with Gasteiger partial charge >= 0.3 is 0 Å². The molecule has 0 saturated heterocycles. The smallest absolute Gasteiger partial charge is 0.0910 e. The van der Waals surface area contributed by atoms with E-state index in [0.29, 0.717) is 18.3 Å². The van der Waals surface area contributed by atoms with Crippen molar-refractivity contribution in [2.75, 3.05) is 13.2 Å². The van der Waals surface area contributed by atoms with Gasteiger partial charge in [0.1, 0.15) is 0 Å². The summed E-state index contributed by atoms with van der Waals surface area (Å²) in [6, 6.07) is 0. The van der Waals surface area contributed by atoms with E-state index < -0.39 is 5.60 Å². The van der Waals surface area contributed by atoms with Crippen LogP contribution >= 0.6 is 0 Å². The van der Waals surface area contributed by atoms with Crippen molar-refractivity contribution in [3.63, 3.8) is 0 Å². The number of aliphatic hydroxyl groups is 4. The second kappa shape index (κ2) is 5.18. The molecule has 4 saturated carbocycles. The molecule has 4 aliphatic carbocycles. The third-order valence-electron chi connectivity index (χ3n) is 8.99. The maximum atomic E-state index is 10.9. The topological polar surface area (TPSA) is 80.9 Å². The molecule has 0 radical (unpaired) electrons. The first-order chi connectivity index (χ1) is 11.2. The molecule has 4 rings (SSSR count). The Bertz CT molecular complexity index is 524. The summed E-state index contributed by atoms with van der Waals surface area (Å²) < 4.78 is 0. The summed E-state index contributed by atoms with van der Waals surface area (Å²) in [6.07, 6.45) is 7.19. The number of aliphatic hydroxyl groups excluding tert-OH is 3. The van der Waals surface area contributed by atoms with E-state index in [-0.39, 0.29) is 41.5 Å². The van der Waals surface area contributed by atoms with Crippen molar-refractivity contribution in [3.05, 3.63) is 0 Å².